The summed E-state index contributed by atoms with van der Waals surface area (Å²) in [6, 6.07) is 6.64. The Morgan fingerprint density at radius 1 is 1.04 bits per heavy atom. The second-order valence-corrected chi connectivity index (χ2v) is 11.7. The number of anilines is 2. The maximum atomic E-state index is 15.4. The van der Waals surface area contributed by atoms with Crippen molar-refractivity contribution in [3.05, 3.63) is 59.7 Å². The molecule has 0 bridgehead atoms. The summed E-state index contributed by atoms with van der Waals surface area (Å²) in [5.74, 6) is 0.137. The van der Waals surface area contributed by atoms with E-state index in [4.69, 9.17) is 14.6 Å². The lowest BCUT2D eigenvalue weighted by Crippen LogP contribution is -2.47. The molecule has 14 heteroatoms. The minimum atomic E-state index is -0.895. The number of ether oxygens (including phenoxy) is 2. The quantitative estimate of drug-likeness (QED) is 0.285. The van der Waals surface area contributed by atoms with Crippen molar-refractivity contribution in [3.63, 3.8) is 0 Å². The lowest BCUT2D eigenvalue weighted by Gasteiger charge is -2.32. The monoisotopic (exact) mass is 620 g/mol. The molecule has 0 saturated carbocycles. The van der Waals surface area contributed by atoms with Gasteiger partial charge in [0.1, 0.15) is 22.9 Å². The number of halogens is 2. The van der Waals surface area contributed by atoms with Crippen LogP contribution in [0.15, 0.2) is 36.7 Å². The summed E-state index contributed by atoms with van der Waals surface area (Å²) in [5.41, 5.74) is 2.02. The first-order valence-corrected chi connectivity index (χ1v) is 15.3. The van der Waals surface area contributed by atoms with Gasteiger partial charge >= 0.3 is 6.09 Å². The van der Waals surface area contributed by atoms with Crippen LogP contribution in [0.2, 0.25) is 0 Å². The van der Waals surface area contributed by atoms with Crippen LogP contribution in [0, 0.1) is 11.6 Å². The Hall–Kier alpha value is -4.27. The van der Waals surface area contributed by atoms with E-state index in [1.54, 1.807) is 18.3 Å². The Bertz CT molecular complexity index is 1690. The molecular formula is C31H34F2N8O4. The molecule has 45 heavy (non-hydrogen) atoms. The number of nitrogens with zero attached hydrogens (tertiary/aromatic N) is 7. The molecule has 0 spiro atoms. The van der Waals surface area contributed by atoms with E-state index >= 15 is 8.78 Å². The second-order valence-electron chi connectivity index (χ2n) is 11.7. The summed E-state index contributed by atoms with van der Waals surface area (Å²) in [5, 5.41) is 12.1. The molecular weight excluding hydrogens is 586 g/mol. The van der Waals surface area contributed by atoms with Crippen molar-refractivity contribution in [2.45, 2.75) is 51.0 Å². The van der Waals surface area contributed by atoms with Gasteiger partial charge < -0.3 is 29.4 Å². The topological polar surface area (TPSA) is 131 Å². The first-order valence-electron chi connectivity index (χ1n) is 15.3. The normalized spacial score (nSPS) is 20.4. The number of imidazole rings is 1. The van der Waals surface area contributed by atoms with E-state index < -0.39 is 17.7 Å². The van der Waals surface area contributed by atoms with E-state index in [9.17, 15) is 4.79 Å². The van der Waals surface area contributed by atoms with Crippen LogP contribution in [-0.2, 0) is 22.4 Å². The third-order valence-electron chi connectivity index (χ3n) is 8.63. The number of aromatic nitrogens is 5. The van der Waals surface area contributed by atoms with Gasteiger partial charge in [-0.25, -0.2) is 33.5 Å². The van der Waals surface area contributed by atoms with Gasteiger partial charge in [-0.05, 0) is 49.4 Å². The largest absolute Gasteiger partial charge is 0.465 e. The second kappa shape index (κ2) is 12.6. The van der Waals surface area contributed by atoms with Crippen molar-refractivity contribution in [1.82, 2.24) is 34.3 Å². The highest BCUT2D eigenvalue weighted by molar-refractivity contribution is 5.83. The van der Waals surface area contributed by atoms with Crippen LogP contribution in [0.25, 0.3) is 22.3 Å². The molecule has 7 rings (SSSR count). The van der Waals surface area contributed by atoms with Crippen molar-refractivity contribution in [2.24, 2.45) is 0 Å². The van der Waals surface area contributed by atoms with Crippen molar-refractivity contribution in [3.8, 4) is 11.3 Å². The number of rotatable bonds is 8. The molecule has 3 aliphatic heterocycles. The Kier molecular flexibility index (Phi) is 8.25. The molecule has 4 aromatic rings. The zero-order chi connectivity index (χ0) is 30.9. The fourth-order valence-corrected chi connectivity index (χ4v) is 6.26. The number of carbonyl (C=O) groups is 1. The van der Waals surface area contributed by atoms with Gasteiger partial charge in [0.05, 0.1) is 24.4 Å². The lowest BCUT2D eigenvalue weighted by atomic mass is 10.1. The number of nitrogens with one attached hydrogen (secondary N) is 1. The average Bonchev–Trinajstić information content (AvgIpc) is 3.63. The van der Waals surface area contributed by atoms with Gasteiger partial charge in [0.15, 0.2) is 17.9 Å². The molecule has 6 heterocycles. The van der Waals surface area contributed by atoms with Gasteiger partial charge in [-0.15, -0.1) is 0 Å². The van der Waals surface area contributed by atoms with E-state index in [0.717, 1.165) is 43.3 Å². The number of benzene rings is 1. The number of fused-ring (bicyclic) bond motifs is 3. The Morgan fingerprint density at radius 3 is 2.67 bits per heavy atom. The number of amides is 1. The number of piperazine rings is 1. The number of hydrogen-bond donors (Lipinski definition) is 2. The van der Waals surface area contributed by atoms with Crippen molar-refractivity contribution >= 4 is 28.9 Å². The summed E-state index contributed by atoms with van der Waals surface area (Å²) in [6.07, 6.45) is 6.15. The molecule has 1 unspecified atom stereocenters. The summed E-state index contributed by atoms with van der Waals surface area (Å²) < 4.78 is 44.2. The third-order valence-corrected chi connectivity index (χ3v) is 8.63. The van der Waals surface area contributed by atoms with Gasteiger partial charge in [-0.3, -0.25) is 4.90 Å². The minimum Gasteiger partial charge on any atom is -0.465 e. The summed E-state index contributed by atoms with van der Waals surface area (Å²) in [6.45, 7) is 4.01. The van der Waals surface area contributed by atoms with Gasteiger partial charge in [0, 0.05) is 57.5 Å². The molecule has 1 aromatic carbocycles. The Morgan fingerprint density at radius 2 is 1.91 bits per heavy atom. The van der Waals surface area contributed by atoms with E-state index in [1.807, 2.05) is 10.6 Å². The molecule has 236 valence electrons. The number of aryl methyl sites for hydroxylation is 1. The first kappa shape index (κ1) is 29.4. The van der Waals surface area contributed by atoms with Crippen molar-refractivity contribution in [2.75, 3.05) is 44.7 Å². The smallest absolute Gasteiger partial charge is 0.407 e. The van der Waals surface area contributed by atoms with Crippen LogP contribution in [0.1, 0.15) is 43.1 Å². The van der Waals surface area contributed by atoms with Crippen molar-refractivity contribution < 1.29 is 28.2 Å². The van der Waals surface area contributed by atoms with E-state index in [0.29, 0.717) is 63.7 Å². The van der Waals surface area contributed by atoms with Crippen LogP contribution < -0.4 is 5.32 Å². The highest BCUT2D eigenvalue weighted by Gasteiger charge is 2.29. The maximum Gasteiger partial charge on any atom is 0.407 e. The fraction of sp³-hybridized carbons (Fsp3) is 0.452. The molecule has 3 aromatic heterocycles. The van der Waals surface area contributed by atoms with E-state index in [2.05, 4.69) is 30.2 Å². The Balaban J connectivity index is 1.07. The van der Waals surface area contributed by atoms with Crippen LogP contribution in [0.5, 0.6) is 0 Å². The number of hydrogen-bond acceptors (Lipinski definition) is 9. The summed E-state index contributed by atoms with van der Waals surface area (Å²) >= 11 is 0. The fourth-order valence-electron chi connectivity index (χ4n) is 6.26. The molecule has 2 fully saturated rings. The van der Waals surface area contributed by atoms with Crippen LogP contribution in [0.3, 0.4) is 0 Å². The molecule has 2 atom stereocenters. The van der Waals surface area contributed by atoms with Crippen LogP contribution in [0.4, 0.5) is 25.3 Å². The van der Waals surface area contributed by atoms with E-state index in [1.165, 1.54) is 11.0 Å². The number of pyridine rings is 1. The Labute approximate surface area is 258 Å². The third kappa shape index (κ3) is 6.30. The maximum absolute atomic E-state index is 15.4. The van der Waals surface area contributed by atoms with Crippen LogP contribution >= 0.6 is 0 Å². The average molecular weight is 621 g/mol. The van der Waals surface area contributed by atoms with Gasteiger partial charge in [0.25, 0.3) is 0 Å². The van der Waals surface area contributed by atoms with Crippen molar-refractivity contribution in [1.29, 1.82) is 0 Å². The highest BCUT2D eigenvalue weighted by Crippen LogP contribution is 2.35. The summed E-state index contributed by atoms with van der Waals surface area (Å²) in [4.78, 5) is 32.2. The molecule has 2 N–H and O–H groups in total. The predicted octanol–water partition coefficient (Wildman–Crippen LogP) is 4.74. The zero-order valence-electron chi connectivity index (χ0n) is 24.7. The summed E-state index contributed by atoms with van der Waals surface area (Å²) in [7, 11) is 0. The molecule has 2 saturated heterocycles. The lowest BCUT2D eigenvalue weighted by molar-refractivity contribution is -0.167. The van der Waals surface area contributed by atoms with Crippen LogP contribution in [-0.4, -0.2) is 91.2 Å². The molecule has 1 amide bonds. The number of carboxylic acid groups (broad SMARTS) is 1. The minimum absolute atomic E-state index is 0.0268. The predicted molar refractivity (Wildman–Crippen MR) is 160 cm³/mol. The highest BCUT2D eigenvalue weighted by atomic mass is 19.1. The molecule has 3 aliphatic rings. The zero-order valence-corrected chi connectivity index (χ0v) is 24.7. The van der Waals surface area contributed by atoms with Gasteiger partial charge in [0.2, 0.25) is 5.95 Å². The molecule has 0 aliphatic carbocycles. The van der Waals surface area contributed by atoms with Gasteiger partial charge in [-0.2, -0.15) is 0 Å². The van der Waals surface area contributed by atoms with Gasteiger partial charge in [-0.1, -0.05) is 6.07 Å². The molecule has 0 radical (unpaired) electrons. The SMILES string of the molecule is O=C(O)N1CCN(Cc2ccc(Nc3ncc(F)c(-c4cc(F)c5nc6n(c5c4)[C@H](COC4CCCCO4)CC6)n3)nc2)CC1. The standard InChI is InChI=1S/C31H34F2N8O4/c32-22-13-20(14-24-29(22)37-26-7-5-21(41(24)26)18-45-27-3-1-2-12-44-27)28-23(33)16-35-30(38-28)36-25-6-4-19(15-34-25)17-39-8-10-40(11-9-39)31(42)43/h4,6,13-16,21,27H,1-3,5,7-12,17-18H2,(H,42,43)(H,34,35,36,38)/t21-,27?/m0/s1. The first-order chi connectivity index (χ1) is 21.9. The van der Waals surface area contributed by atoms with E-state index in [-0.39, 0.29) is 35.1 Å². The molecule has 12 nitrogen and oxygen atoms in total.